The zero-order valence-electron chi connectivity index (χ0n) is 10.8. The van der Waals surface area contributed by atoms with Gasteiger partial charge in [0.05, 0.1) is 5.60 Å². The summed E-state index contributed by atoms with van der Waals surface area (Å²) in [5.74, 6) is -1.63. The van der Waals surface area contributed by atoms with Gasteiger partial charge in [-0.05, 0) is 38.2 Å². The normalized spacial score (nSPS) is 19.4. The number of halogens is 2. The fourth-order valence-corrected chi connectivity index (χ4v) is 2.52. The lowest BCUT2D eigenvalue weighted by Gasteiger charge is -2.42. The molecule has 0 heterocycles. The van der Waals surface area contributed by atoms with Crippen LogP contribution in [0.2, 0.25) is 0 Å². The molecule has 2 rings (SSSR count). The highest BCUT2D eigenvalue weighted by Crippen LogP contribution is 2.41. The summed E-state index contributed by atoms with van der Waals surface area (Å²) in [5, 5.41) is 0. The fraction of sp³-hybridized carbons (Fsp3) is 0.571. The van der Waals surface area contributed by atoms with Gasteiger partial charge in [-0.25, -0.2) is 8.78 Å². The quantitative estimate of drug-likeness (QED) is 0.896. The van der Waals surface area contributed by atoms with Gasteiger partial charge in [0.2, 0.25) is 0 Å². The van der Waals surface area contributed by atoms with E-state index in [0.717, 1.165) is 19.3 Å². The summed E-state index contributed by atoms with van der Waals surface area (Å²) < 4.78 is 32.8. The number of aryl methyl sites for hydroxylation is 1. The first-order chi connectivity index (χ1) is 8.49. The molecule has 1 saturated carbocycles. The molecule has 0 aliphatic heterocycles. The van der Waals surface area contributed by atoms with Crippen molar-refractivity contribution in [2.24, 2.45) is 5.73 Å². The van der Waals surface area contributed by atoms with E-state index < -0.39 is 17.7 Å². The van der Waals surface area contributed by atoms with Gasteiger partial charge >= 0.3 is 0 Å². The predicted molar refractivity (Wildman–Crippen MR) is 66.2 cm³/mol. The van der Waals surface area contributed by atoms with Crippen molar-refractivity contribution in [2.45, 2.75) is 44.2 Å². The van der Waals surface area contributed by atoms with E-state index in [4.69, 9.17) is 10.5 Å². The van der Waals surface area contributed by atoms with Crippen molar-refractivity contribution in [1.82, 2.24) is 0 Å². The van der Waals surface area contributed by atoms with E-state index in [1.807, 2.05) is 0 Å². The second-order valence-corrected chi connectivity index (χ2v) is 5.15. The lowest BCUT2D eigenvalue weighted by atomic mass is 9.75. The molecule has 1 unspecified atom stereocenters. The van der Waals surface area contributed by atoms with Crippen molar-refractivity contribution in [3.8, 4) is 0 Å². The molecule has 0 aromatic heterocycles. The molecule has 0 bridgehead atoms. The summed E-state index contributed by atoms with van der Waals surface area (Å²) in [6.45, 7) is 1.54. The van der Waals surface area contributed by atoms with Crippen LogP contribution in [0.4, 0.5) is 8.78 Å². The van der Waals surface area contributed by atoms with Crippen LogP contribution in [-0.2, 0) is 4.74 Å². The van der Waals surface area contributed by atoms with Crippen LogP contribution in [-0.4, -0.2) is 12.7 Å². The van der Waals surface area contributed by atoms with Crippen molar-refractivity contribution < 1.29 is 13.5 Å². The topological polar surface area (TPSA) is 35.2 Å². The van der Waals surface area contributed by atoms with E-state index >= 15 is 0 Å². The van der Waals surface area contributed by atoms with Gasteiger partial charge in [0.1, 0.15) is 0 Å². The number of hydrogen-bond donors (Lipinski definition) is 1. The van der Waals surface area contributed by atoms with Crippen LogP contribution < -0.4 is 5.73 Å². The van der Waals surface area contributed by atoms with Crippen molar-refractivity contribution in [3.63, 3.8) is 0 Å². The van der Waals surface area contributed by atoms with Gasteiger partial charge in [-0.3, -0.25) is 0 Å². The molecule has 2 N–H and O–H groups in total. The van der Waals surface area contributed by atoms with Gasteiger partial charge in [-0.1, -0.05) is 12.1 Å². The smallest absolute Gasteiger partial charge is 0.163 e. The third-order valence-corrected chi connectivity index (χ3v) is 3.99. The molecule has 0 spiro atoms. The summed E-state index contributed by atoms with van der Waals surface area (Å²) in [6.07, 6.45) is 3.51. The van der Waals surface area contributed by atoms with Crippen LogP contribution in [0.3, 0.4) is 0 Å². The van der Waals surface area contributed by atoms with Crippen molar-refractivity contribution in [1.29, 1.82) is 0 Å². The second kappa shape index (κ2) is 4.94. The Morgan fingerprint density at radius 2 is 2.00 bits per heavy atom. The monoisotopic (exact) mass is 255 g/mol. The van der Waals surface area contributed by atoms with Gasteiger partial charge in [0.15, 0.2) is 11.6 Å². The van der Waals surface area contributed by atoms with Crippen LogP contribution >= 0.6 is 0 Å². The molecule has 1 fully saturated rings. The molecule has 0 radical (unpaired) electrons. The van der Waals surface area contributed by atoms with Gasteiger partial charge in [-0.15, -0.1) is 0 Å². The number of hydrogen-bond acceptors (Lipinski definition) is 2. The van der Waals surface area contributed by atoms with Gasteiger partial charge in [0.25, 0.3) is 0 Å². The minimum absolute atomic E-state index is 0.237. The summed E-state index contributed by atoms with van der Waals surface area (Å²) >= 11 is 0. The Labute approximate surface area is 106 Å². The fourth-order valence-electron chi connectivity index (χ4n) is 2.52. The van der Waals surface area contributed by atoms with Crippen molar-refractivity contribution >= 4 is 0 Å². The van der Waals surface area contributed by atoms with E-state index in [2.05, 4.69) is 0 Å². The lowest BCUT2D eigenvalue weighted by molar-refractivity contribution is -0.0818. The first-order valence-corrected chi connectivity index (χ1v) is 6.24. The van der Waals surface area contributed by atoms with Crippen LogP contribution in [0, 0.1) is 18.6 Å². The number of rotatable bonds is 4. The standard InChI is InChI=1S/C14H19F2NO/c1-9-4-5-10(13(16)12(9)15)11(17)8-14(18-2)6-3-7-14/h4-5,11H,3,6-8,17H2,1-2H3. The average molecular weight is 255 g/mol. The molecule has 1 aromatic rings. The molecular formula is C14H19F2NO. The van der Waals surface area contributed by atoms with Crippen molar-refractivity contribution in [3.05, 3.63) is 34.9 Å². The lowest BCUT2D eigenvalue weighted by Crippen LogP contribution is -2.42. The second-order valence-electron chi connectivity index (χ2n) is 5.15. The Morgan fingerprint density at radius 1 is 1.33 bits per heavy atom. The third-order valence-electron chi connectivity index (χ3n) is 3.99. The van der Waals surface area contributed by atoms with E-state index in [1.165, 1.54) is 6.92 Å². The van der Waals surface area contributed by atoms with Gasteiger partial charge in [-0.2, -0.15) is 0 Å². The molecule has 0 amide bonds. The summed E-state index contributed by atoms with van der Waals surface area (Å²) in [7, 11) is 1.65. The predicted octanol–water partition coefficient (Wildman–Crippen LogP) is 3.23. The highest BCUT2D eigenvalue weighted by atomic mass is 19.2. The van der Waals surface area contributed by atoms with Crippen LogP contribution in [0.1, 0.15) is 42.9 Å². The molecule has 4 heteroatoms. The Balaban J connectivity index is 2.19. The van der Waals surface area contributed by atoms with E-state index in [0.29, 0.717) is 12.0 Å². The number of benzene rings is 1. The Morgan fingerprint density at radius 3 is 2.50 bits per heavy atom. The Hall–Kier alpha value is -1.00. The molecule has 1 atom stereocenters. The van der Waals surface area contributed by atoms with E-state index in [-0.39, 0.29) is 11.2 Å². The number of ether oxygens (including phenoxy) is 1. The number of nitrogens with two attached hydrogens (primary N) is 1. The maximum absolute atomic E-state index is 13.8. The van der Waals surface area contributed by atoms with E-state index in [9.17, 15) is 8.78 Å². The molecule has 2 nitrogen and oxygen atoms in total. The van der Waals surface area contributed by atoms with Crippen LogP contribution in [0.5, 0.6) is 0 Å². The first kappa shape index (κ1) is 13.4. The van der Waals surface area contributed by atoms with Crippen LogP contribution in [0.15, 0.2) is 12.1 Å². The van der Waals surface area contributed by atoms with Crippen LogP contribution in [0.25, 0.3) is 0 Å². The molecule has 100 valence electrons. The molecule has 0 saturated heterocycles. The highest BCUT2D eigenvalue weighted by molar-refractivity contribution is 5.28. The Bertz CT molecular complexity index is 438. The minimum atomic E-state index is -0.826. The number of methoxy groups -OCH3 is 1. The highest BCUT2D eigenvalue weighted by Gasteiger charge is 2.39. The maximum Gasteiger partial charge on any atom is 0.163 e. The SMILES string of the molecule is COC1(CC(N)c2ccc(C)c(F)c2F)CCC1. The third kappa shape index (κ3) is 2.27. The zero-order valence-corrected chi connectivity index (χ0v) is 10.8. The maximum atomic E-state index is 13.8. The zero-order chi connectivity index (χ0) is 13.3. The average Bonchev–Trinajstić information content (AvgIpc) is 2.31. The molecule has 18 heavy (non-hydrogen) atoms. The summed E-state index contributed by atoms with van der Waals surface area (Å²) in [5.41, 5.74) is 6.29. The molecular weight excluding hydrogens is 236 g/mol. The summed E-state index contributed by atoms with van der Waals surface area (Å²) in [6, 6.07) is 2.61. The minimum Gasteiger partial charge on any atom is -0.378 e. The summed E-state index contributed by atoms with van der Waals surface area (Å²) in [4.78, 5) is 0. The molecule has 1 aliphatic carbocycles. The molecule has 1 aliphatic rings. The largest absolute Gasteiger partial charge is 0.378 e. The van der Waals surface area contributed by atoms with Crippen molar-refractivity contribution in [2.75, 3.05) is 7.11 Å². The van der Waals surface area contributed by atoms with E-state index in [1.54, 1.807) is 19.2 Å². The molecule has 1 aromatic carbocycles. The van der Waals surface area contributed by atoms with Gasteiger partial charge in [0, 0.05) is 18.7 Å². The first-order valence-electron chi connectivity index (χ1n) is 6.24. The Kier molecular flexibility index (Phi) is 3.69. The van der Waals surface area contributed by atoms with Gasteiger partial charge < -0.3 is 10.5 Å².